The number of hydrogen-bond acceptors (Lipinski definition) is 5. The van der Waals surface area contributed by atoms with E-state index in [4.69, 9.17) is 15.2 Å². The molecule has 1 unspecified atom stereocenters. The van der Waals surface area contributed by atoms with E-state index in [9.17, 15) is 9.59 Å². The first kappa shape index (κ1) is 23.5. The minimum Gasteiger partial charge on any atom is -0.493 e. The van der Waals surface area contributed by atoms with Gasteiger partial charge in [0.2, 0.25) is 5.91 Å². The van der Waals surface area contributed by atoms with Gasteiger partial charge in [-0.15, -0.1) is 0 Å². The van der Waals surface area contributed by atoms with Crippen LogP contribution in [0.5, 0.6) is 11.5 Å². The molecular formula is C22H29N5O4. The first-order valence-electron chi connectivity index (χ1n) is 9.82. The zero-order chi connectivity index (χ0) is 22.6. The summed E-state index contributed by atoms with van der Waals surface area (Å²) in [6.45, 7) is 2.82. The van der Waals surface area contributed by atoms with E-state index in [1.165, 1.54) is 0 Å². The van der Waals surface area contributed by atoms with Crippen LogP contribution in [-0.4, -0.2) is 51.1 Å². The fraction of sp³-hybridized carbons (Fsp3) is 0.318. The third-order valence-corrected chi connectivity index (χ3v) is 4.28. The Bertz CT molecular complexity index is 899. The maximum atomic E-state index is 11.9. The lowest BCUT2D eigenvalue weighted by Crippen LogP contribution is -2.41. The quantitative estimate of drug-likeness (QED) is 0.331. The van der Waals surface area contributed by atoms with Crippen LogP contribution in [0, 0.1) is 0 Å². The summed E-state index contributed by atoms with van der Waals surface area (Å²) in [4.78, 5) is 26.9. The van der Waals surface area contributed by atoms with Gasteiger partial charge in [0, 0.05) is 19.2 Å². The van der Waals surface area contributed by atoms with Gasteiger partial charge in [0.1, 0.15) is 6.10 Å². The van der Waals surface area contributed by atoms with Crippen molar-refractivity contribution in [3.8, 4) is 11.5 Å². The number of rotatable bonds is 10. The number of primary amides is 1. The van der Waals surface area contributed by atoms with Crippen molar-refractivity contribution in [3.05, 3.63) is 59.7 Å². The Morgan fingerprint density at radius 2 is 1.71 bits per heavy atom. The van der Waals surface area contributed by atoms with Crippen molar-refractivity contribution in [2.75, 3.05) is 27.2 Å². The summed E-state index contributed by atoms with van der Waals surface area (Å²) < 4.78 is 11.2. The second-order valence-electron chi connectivity index (χ2n) is 6.73. The number of hydrogen-bond donors (Lipinski definition) is 4. The van der Waals surface area contributed by atoms with Crippen LogP contribution in [0.1, 0.15) is 22.8 Å². The Kier molecular flexibility index (Phi) is 9.15. The van der Waals surface area contributed by atoms with E-state index in [2.05, 4.69) is 20.9 Å². The number of carbonyl (C=O) groups excluding carboxylic acids is 2. The SMILES string of the molecule is CN=C(NCc1ccc(C(=O)NCC(N)=O)cc1)NCC(C)Oc1ccccc1OC. The molecule has 9 heteroatoms. The number of aliphatic imine (C=N–C) groups is 1. The molecule has 0 spiro atoms. The molecule has 2 aromatic rings. The molecule has 0 aromatic heterocycles. The number of amides is 2. The van der Waals surface area contributed by atoms with Gasteiger partial charge in [-0.3, -0.25) is 14.6 Å². The molecule has 0 bridgehead atoms. The normalized spacial score (nSPS) is 11.9. The summed E-state index contributed by atoms with van der Waals surface area (Å²) in [6.07, 6.45) is -0.118. The number of methoxy groups -OCH3 is 1. The van der Waals surface area contributed by atoms with E-state index < -0.39 is 5.91 Å². The Balaban J connectivity index is 1.80. The molecule has 2 aromatic carbocycles. The highest BCUT2D eigenvalue weighted by molar-refractivity contribution is 5.96. The van der Waals surface area contributed by atoms with E-state index in [-0.39, 0.29) is 18.6 Å². The topological polar surface area (TPSA) is 127 Å². The first-order valence-corrected chi connectivity index (χ1v) is 9.82. The average Bonchev–Trinajstić information content (AvgIpc) is 2.78. The third kappa shape index (κ3) is 7.88. The minimum atomic E-state index is -0.587. The minimum absolute atomic E-state index is 0.118. The van der Waals surface area contributed by atoms with Crippen LogP contribution >= 0.6 is 0 Å². The lowest BCUT2D eigenvalue weighted by molar-refractivity contribution is -0.117. The smallest absolute Gasteiger partial charge is 0.251 e. The molecular weight excluding hydrogens is 398 g/mol. The summed E-state index contributed by atoms with van der Waals surface area (Å²) >= 11 is 0. The van der Waals surface area contributed by atoms with Crippen LogP contribution in [0.25, 0.3) is 0 Å². The van der Waals surface area contributed by atoms with Crippen molar-refractivity contribution in [2.45, 2.75) is 19.6 Å². The molecule has 0 heterocycles. The molecule has 0 fully saturated rings. The molecule has 0 aliphatic heterocycles. The van der Waals surface area contributed by atoms with Crippen LogP contribution in [0.2, 0.25) is 0 Å². The van der Waals surface area contributed by atoms with Gasteiger partial charge in [-0.25, -0.2) is 0 Å². The van der Waals surface area contributed by atoms with Crippen LogP contribution in [0.4, 0.5) is 0 Å². The van der Waals surface area contributed by atoms with Gasteiger partial charge in [-0.1, -0.05) is 24.3 Å². The van der Waals surface area contributed by atoms with E-state index in [0.29, 0.717) is 36.1 Å². The van der Waals surface area contributed by atoms with Crippen molar-refractivity contribution in [2.24, 2.45) is 10.7 Å². The van der Waals surface area contributed by atoms with Gasteiger partial charge in [0.05, 0.1) is 20.2 Å². The van der Waals surface area contributed by atoms with Crippen molar-refractivity contribution < 1.29 is 19.1 Å². The van der Waals surface area contributed by atoms with Gasteiger partial charge >= 0.3 is 0 Å². The fourth-order valence-electron chi connectivity index (χ4n) is 2.66. The molecule has 31 heavy (non-hydrogen) atoms. The van der Waals surface area contributed by atoms with Gasteiger partial charge in [-0.2, -0.15) is 0 Å². The number of nitrogens with two attached hydrogens (primary N) is 1. The van der Waals surface area contributed by atoms with Crippen LogP contribution < -0.4 is 31.2 Å². The van der Waals surface area contributed by atoms with Crippen molar-refractivity contribution in [3.63, 3.8) is 0 Å². The lowest BCUT2D eigenvalue weighted by atomic mass is 10.1. The molecule has 9 nitrogen and oxygen atoms in total. The number of ether oxygens (including phenoxy) is 2. The number of benzene rings is 2. The predicted molar refractivity (Wildman–Crippen MR) is 119 cm³/mol. The highest BCUT2D eigenvalue weighted by Crippen LogP contribution is 2.26. The maximum absolute atomic E-state index is 11.9. The van der Waals surface area contributed by atoms with E-state index in [0.717, 1.165) is 5.56 Å². The summed E-state index contributed by atoms with van der Waals surface area (Å²) in [5.74, 6) is 1.06. The summed E-state index contributed by atoms with van der Waals surface area (Å²) in [5, 5.41) is 8.88. The third-order valence-electron chi connectivity index (χ3n) is 4.28. The molecule has 5 N–H and O–H groups in total. The zero-order valence-corrected chi connectivity index (χ0v) is 18.0. The Hall–Kier alpha value is -3.75. The molecule has 166 valence electrons. The van der Waals surface area contributed by atoms with Gasteiger partial charge < -0.3 is 31.2 Å². The zero-order valence-electron chi connectivity index (χ0n) is 18.0. The summed E-state index contributed by atoms with van der Waals surface area (Å²) in [6, 6.07) is 14.5. The highest BCUT2D eigenvalue weighted by Gasteiger charge is 2.10. The molecule has 1 atom stereocenters. The molecule has 2 amide bonds. The second-order valence-corrected chi connectivity index (χ2v) is 6.73. The van der Waals surface area contributed by atoms with Crippen molar-refractivity contribution >= 4 is 17.8 Å². The Morgan fingerprint density at radius 3 is 2.32 bits per heavy atom. The number of carbonyl (C=O) groups is 2. The van der Waals surface area contributed by atoms with Gasteiger partial charge in [-0.05, 0) is 36.8 Å². The van der Waals surface area contributed by atoms with Crippen LogP contribution in [0.15, 0.2) is 53.5 Å². The molecule has 0 aliphatic rings. The van der Waals surface area contributed by atoms with Crippen molar-refractivity contribution in [1.29, 1.82) is 0 Å². The molecule has 0 aliphatic carbocycles. The lowest BCUT2D eigenvalue weighted by Gasteiger charge is -2.19. The number of nitrogens with zero attached hydrogens (tertiary/aromatic N) is 1. The number of guanidine groups is 1. The molecule has 0 saturated heterocycles. The van der Waals surface area contributed by atoms with Gasteiger partial charge in [0.25, 0.3) is 5.91 Å². The second kappa shape index (κ2) is 12.1. The van der Waals surface area contributed by atoms with Crippen molar-refractivity contribution in [1.82, 2.24) is 16.0 Å². The Labute approximate surface area is 182 Å². The Morgan fingerprint density at radius 1 is 1.03 bits per heavy atom. The van der Waals surface area contributed by atoms with E-state index in [1.807, 2.05) is 43.3 Å². The molecule has 0 radical (unpaired) electrons. The number of nitrogens with one attached hydrogen (secondary N) is 3. The van der Waals surface area contributed by atoms with Crippen LogP contribution in [-0.2, 0) is 11.3 Å². The van der Waals surface area contributed by atoms with E-state index in [1.54, 1.807) is 26.3 Å². The fourth-order valence-corrected chi connectivity index (χ4v) is 2.66. The highest BCUT2D eigenvalue weighted by atomic mass is 16.5. The summed E-state index contributed by atoms with van der Waals surface area (Å²) in [7, 11) is 3.30. The molecule has 0 saturated carbocycles. The monoisotopic (exact) mass is 427 g/mol. The standard InChI is InChI=1S/C22H29N5O4/c1-15(31-19-7-5-4-6-18(19)30-3)12-26-22(24-2)27-13-16-8-10-17(11-9-16)21(29)25-14-20(23)28/h4-11,15H,12-14H2,1-3H3,(H2,23,28)(H,25,29)(H2,24,26,27). The number of para-hydroxylation sites is 2. The summed E-state index contributed by atoms with van der Waals surface area (Å²) in [5.41, 5.74) is 6.45. The average molecular weight is 428 g/mol. The van der Waals surface area contributed by atoms with Gasteiger partial charge in [0.15, 0.2) is 17.5 Å². The maximum Gasteiger partial charge on any atom is 0.251 e. The molecule has 2 rings (SSSR count). The largest absolute Gasteiger partial charge is 0.493 e. The predicted octanol–water partition coefficient (Wildman–Crippen LogP) is 1.04. The van der Waals surface area contributed by atoms with Crippen LogP contribution in [0.3, 0.4) is 0 Å². The van der Waals surface area contributed by atoms with E-state index >= 15 is 0 Å². The first-order chi connectivity index (χ1) is 14.9.